The summed E-state index contributed by atoms with van der Waals surface area (Å²) in [5, 5.41) is 3.37. The van der Waals surface area contributed by atoms with Crippen LogP contribution in [0.2, 0.25) is 0 Å². The van der Waals surface area contributed by atoms with Crippen LogP contribution in [0.15, 0.2) is 22.7 Å². The summed E-state index contributed by atoms with van der Waals surface area (Å²) in [6.45, 7) is 5.06. The molecule has 2 aromatic rings. The summed E-state index contributed by atoms with van der Waals surface area (Å²) < 4.78 is 2.29. The Bertz CT molecular complexity index is 683. The second-order valence-corrected chi connectivity index (χ2v) is 7.30. The molecule has 3 nitrogen and oxygen atoms in total. The first-order valence-electron chi connectivity index (χ1n) is 7.18. The van der Waals surface area contributed by atoms with Crippen LogP contribution in [0, 0.1) is 10.5 Å². The number of nitrogens with zero attached hydrogens (tertiary/aromatic N) is 2. The van der Waals surface area contributed by atoms with Crippen LogP contribution in [0.25, 0.3) is 11.4 Å². The molecule has 1 aliphatic carbocycles. The highest BCUT2D eigenvalue weighted by atomic mass is 127. The molecule has 1 fully saturated rings. The molecule has 1 saturated carbocycles. The molecule has 21 heavy (non-hydrogen) atoms. The predicted octanol–water partition coefficient (Wildman–Crippen LogP) is 5.13. The zero-order valence-electron chi connectivity index (χ0n) is 12.1. The third-order valence-electron chi connectivity index (χ3n) is 3.60. The van der Waals surface area contributed by atoms with Crippen LogP contribution in [-0.2, 0) is 0 Å². The fraction of sp³-hybridized carbons (Fsp3) is 0.375. The van der Waals surface area contributed by atoms with E-state index in [4.69, 9.17) is 9.97 Å². The molecule has 1 aromatic carbocycles. The third-order valence-corrected chi connectivity index (χ3v) is 5.55. The fourth-order valence-corrected chi connectivity index (χ4v) is 3.41. The number of anilines is 1. The van der Waals surface area contributed by atoms with Gasteiger partial charge in [0.2, 0.25) is 0 Å². The van der Waals surface area contributed by atoms with Crippen LogP contribution in [0.5, 0.6) is 0 Å². The van der Waals surface area contributed by atoms with E-state index < -0.39 is 0 Å². The minimum absolute atomic E-state index is 0.618. The Morgan fingerprint density at radius 1 is 1.33 bits per heavy atom. The average Bonchev–Trinajstić information content (AvgIpc) is 3.29. The van der Waals surface area contributed by atoms with Crippen molar-refractivity contribution in [3.05, 3.63) is 37.5 Å². The largest absolute Gasteiger partial charge is 0.369 e. The lowest BCUT2D eigenvalue weighted by Crippen LogP contribution is -2.07. The lowest BCUT2D eigenvalue weighted by atomic mass is 10.1. The van der Waals surface area contributed by atoms with Crippen LogP contribution in [-0.4, -0.2) is 16.5 Å². The number of hydrogen-bond acceptors (Lipinski definition) is 3. The molecule has 0 aliphatic heterocycles. The first-order valence-corrected chi connectivity index (χ1v) is 9.05. The van der Waals surface area contributed by atoms with E-state index in [1.165, 1.54) is 27.7 Å². The molecule has 0 amide bonds. The van der Waals surface area contributed by atoms with Gasteiger partial charge in [0.25, 0.3) is 0 Å². The SMILES string of the molecule is CCNc1nc(-c2ccc(Br)c(C)c2)nc(C2CC2)c1I. The van der Waals surface area contributed by atoms with Crippen molar-refractivity contribution in [1.82, 2.24) is 9.97 Å². The maximum atomic E-state index is 4.84. The Morgan fingerprint density at radius 3 is 2.71 bits per heavy atom. The van der Waals surface area contributed by atoms with Crippen molar-refractivity contribution in [2.75, 3.05) is 11.9 Å². The summed E-state index contributed by atoms with van der Waals surface area (Å²) in [4.78, 5) is 9.57. The summed E-state index contributed by atoms with van der Waals surface area (Å²) in [5.74, 6) is 2.40. The normalized spacial score (nSPS) is 14.3. The number of nitrogens with one attached hydrogen (secondary N) is 1. The van der Waals surface area contributed by atoms with Gasteiger partial charge in [-0.05, 0) is 67.0 Å². The van der Waals surface area contributed by atoms with Gasteiger partial charge in [0.05, 0.1) is 9.26 Å². The van der Waals surface area contributed by atoms with E-state index in [-0.39, 0.29) is 0 Å². The summed E-state index contributed by atoms with van der Waals surface area (Å²) in [6.07, 6.45) is 2.49. The molecule has 1 aromatic heterocycles. The van der Waals surface area contributed by atoms with Crippen molar-refractivity contribution in [2.45, 2.75) is 32.6 Å². The molecule has 3 rings (SSSR count). The lowest BCUT2D eigenvalue weighted by Gasteiger charge is -2.12. The van der Waals surface area contributed by atoms with E-state index in [1.54, 1.807) is 0 Å². The highest BCUT2D eigenvalue weighted by Gasteiger charge is 2.29. The molecule has 0 bridgehead atoms. The summed E-state index contributed by atoms with van der Waals surface area (Å²) in [7, 11) is 0. The van der Waals surface area contributed by atoms with Gasteiger partial charge in [0.15, 0.2) is 5.82 Å². The minimum atomic E-state index is 0.618. The Morgan fingerprint density at radius 2 is 2.10 bits per heavy atom. The molecule has 1 aliphatic rings. The van der Waals surface area contributed by atoms with Crippen LogP contribution >= 0.6 is 38.5 Å². The van der Waals surface area contributed by atoms with Gasteiger partial charge in [0, 0.05) is 22.5 Å². The topological polar surface area (TPSA) is 37.8 Å². The smallest absolute Gasteiger partial charge is 0.161 e. The van der Waals surface area contributed by atoms with E-state index in [2.05, 4.69) is 75.9 Å². The molecule has 1 N–H and O–H groups in total. The monoisotopic (exact) mass is 457 g/mol. The van der Waals surface area contributed by atoms with Gasteiger partial charge in [-0.25, -0.2) is 9.97 Å². The van der Waals surface area contributed by atoms with Gasteiger partial charge in [-0.3, -0.25) is 0 Å². The second-order valence-electron chi connectivity index (χ2n) is 5.36. The van der Waals surface area contributed by atoms with Gasteiger partial charge in [-0.2, -0.15) is 0 Å². The molecule has 0 radical (unpaired) electrons. The van der Waals surface area contributed by atoms with Crippen LogP contribution in [0.1, 0.15) is 36.9 Å². The Labute approximate surface area is 147 Å². The van der Waals surface area contributed by atoms with E-state index in [1.807, 2.05) is 0 Å². The third kappa shape index (κ3) is 3.23. The van der Waals surface area contributed by atoms with Crippen molar-refractivity contribution < 1.29 is 0 Å². The molecule has 0 atom stereocenters. The van der Waals surface area contributed by atoms with E-state index in [9.17, 15) is 0 Å². The highest BCUT2D eigenvalue weighted by molar-refractivity contribution is 14.1. The van der Waals surface area contributed by atoms with Crippen LogP contribution in [0.3, 0.4) is 0 Å². The maximum Gasteiger partial charge on any atom is 0.161 e. The van der Waals surface area contributed by atoms with Crippen molar-refractivity contribution in [1.29, 1.82) is 0 Å². The number of hydrogen-bond donors (Lipinski definition) is 1. The number of halogens is 2. The lowest BCUT2D eigenvalue weighted by molar-refractivity contribution is 0.972. The Hall–Kier alpha value is -0.690. The van der Waals surface area contributed by atoms with E-state index in [0.29, 0.717) is 5.92 Å². The second kappa shape index (κ2) is 6.20. The Balaban J connectivity index is 2.10. The summed E-state index contributed by atoms with van der Waals surface area (Å²) >= 11 is 5.92. The van der Waals surface area contributed by atoms with Gasteiger partial charge in [-0.1, -0.05) is 22.0 Å². The molecule has 0 unspecified atom stereocenters. The highest BCUT2D eigenvalue weighted by Crippen LogP contribution is 2.43. The van der Waals surface area contributed by atoms with Crippen LogP contribution in [0.4, 0.5) is 5.82 Å². The van der Waals surface area contributed by atoms with Crippen LogP contribution < -0.4 is 5.32 Å². The number of aromatic nitrogens is 2. The number of benzene rings is 1. The molecule has 5 heteroatoms. The maximum absolute atomic E-state index is 4.84. The van der Waals surface area contributed by atoms with Gasteiger partial charge >= 0.3 is 0 Å². The zero-order chi connectivity index (χ0) is 15.0. The van der Waals surface area contributed by atoms with Crippen molar-refractivity contribution >= 4 is 44.3 Å². The van der Waals surface area contributed by atoms with Gasteiger partial charge in [-0.15, -0.1) is 0 Å². The molecular formula is C16H17BrIN3. The molecule has 0 spiro atoms. The van der Waals surface area contributed by atoms with E-state index >= 15 is 0 Å². The van der Waals surface area contributed by atoms with E-state index in [0.717, 1.165) is 28.2 Å². The zero-order valence-corrected chi connectivity index (χ0v) is 15.8. The number of rotatable bonds is 4. The Kier molecular flexibility index (Phi) is 4.49. The minimum Gasteiger partial charge on any atom is -0.369 e. The predicted molar refractivity (Wildman–Crippen MR) is 98.8 cm³/mol. The van der Waals surface area contributed by atoms with Crippen molar-refractivity contribution in [3.8, 4) is 11.4 Å². The molecule has 110 valence electrons. The first-order chi connectivity index (χ1) is 10.1. The molecular weight excluding hydrogens is 441 g/mol. The molecule has 0 saturated heterocycles. The number of aryl methyl sites for hydroxylation is 1. The standard InChI is InChI=1S/C16H17BrIN3/c1-3-19-16-13(18)14(10-4-5-10)20-15(21-16)11-6-7-12(17)9(2)8-11/h6-8,10H,3-5H2,1-2H3,(H,19,20,21). The van der Waals surface area contributed by atoms with Crippen molar-refractivity contribution in [3.63, 3.8) is 0 Å². The molecule has 1 heterocycles. The van der Waals surface area contributed by atoms with Gasteiger partial charge in [0.1, 0.15) is 5.82 Å². The average molecular weight is 458 g/mol. The van der Waals surface area contributed by atoms with Crippen molar-refractivity contribution in [2.24, 2.45) is 0 Å². The summed E-state index contributed by atoms with van der Waals surface area (Å²) in [6, 6.07) is 6.28. The summed E-state index contributed by atoms with van der Waals surface area (Å²) in [5.41, 5.74) is 3.48. The van der Waals surface area contributed by atoms with Gasteiger partial charge < -0.3 is 5.32 Å². The quantitative estimate of drug-likeness (QED) is 0.647. The first kappa shape index (κ1) is 15.2. The fourth-order valence-electron chi connectivity index (χ4n) is 2.29.